The van der Waals surface area contributed by atoms with E-state index >= 15 is 0 Å². The van der Waals surface area contributed by atoms with E-state index in [9.17, 15) is 14.4 Å². The summed E-state index contributed by atoms with van der Waals surface area (Å²) < 4.78 is 5.11. The van der Waals surface area contributed by atoms with E-state index in [1.54, 1.807) is 69.3 Å². The summed E-state index contributed by atoms with van der Waals surface area (Å²) in [5, 5.41) is 8.03. The van der Waals surface area contributed by atoms with Crippen LogP contribution >= 0.6 is 0 Å². The molecule has 2 aromatic rings. The van der Waals surface area contributed by atoms with Crippen molar-refractivity contribution in [2.24, 2.45) is 0 Å². The average Bonchev–Trinajstić information content (AvgIpc) is 2.62. The summed E-state index contributed by atoms with van der Waals surface area (Å²) in [6.45, 7) is 5.40. The highest BCUT2D eigenvalue weighted by atomic mass is 16.6. The number of para-hydroxylation sites is 2. The Kier molecular flexibility index (Phi) is 7.19. The number of hydrogen-bond donors (Lipinski definition) is 4. The molecule has 0 aliphatic rings. The minimum Gasteiger partial charge on any atom is -0.444 e. The maximum Gasteiger partial charge on any atom is 0.407 e. The van der Waals surface area contributed by atoms with Crippen molar-refractivity contribution >= 4 is 35.0 Å². The van der Waals surface area contributed by atoms with Crippen LogP contribution in [0.1, 0.15) is 37.6 Å². The number of benzene rings is 2. The van der Waals surface area contributed by atoms with Crippen LogP contribution in [-0.4, -0.2) is 30.1 Å². The molecule has 2 aromatic carbocycles. The Labute approximate surface area is 169 Å². The molecule has 8 heteroatoms. The van der Waals surface area contributed by atoms with E-state index in [0.717, 1.165) is 0 Å². The summed E-state index contributed by atoms with van der Waals surface area (Å²) in [7, 11) is 0. The quantitative estimate of drug-likeness (QED) is 0.556. The summed E-state index contributed by atoms with van der Waals surface area (Å²) in [5.41, 5.74) is 6.96. The van der Waals surface area contributed by atoms with Gasteiger partial charge in [0.15, 0.2) is 0 Å². The smallest absolute Gasteiger partial charge is 0.407 e. The van der Waals surface area contributed by atoms with Crippen molar-refractivity contribution in [2.45, 2.75) is 32.8 Å². The van der Waals surface area contributed by atoms with Crippen LogP contribution in [0.15, 0.2) is 48.5 Å². The van der Waals surface area contributed by atoms with Crippen LogP contribution in [0.2, 0.25) is 0 Å². The van der Waals surface area contributed by atoms with Gasteiger partial charge in [0.1, 0.15) is 5.60 Å². The zero-order chi connectivity index (χ0) is 21.4. The molecular formula is C21H26N4O4. The standard InChI is InChI=1S/C21H26N4O4/c1-21(2,3)29-20(28)23-13-12-18(26)24-16-6-4-5-7-17(16)25-19(27)14-8-10-15(22)11-9-14/h4-11H,12-13,22H2,1-3H3,(H,23,28)(H,24,26)(H,25,27). The van der Waals surface area contributed by atoms with Crippen molar-refractivity contribution in [1.82, 2.24) is 5.32 Å². The Morgan fingerprint density at radius 1 is 0.931 bits per heavy atom. The first kappa shape index (κ1) is 21.7. The van der Waals surface area contributed by atoms with E-state index in [-0.39, 0.29) is 24.8 Å². The van der Waals surface area contributed by atoms with Crippen molar-refractivity contribution in [1.29, 1.82) is 0 Å². The molecule has 0 fully saturated rings. The zero-order valence-electron chi connectivity index (χ0n) is 16.7. The van der Waals surface area contributed by atoms with Crippen LogP contribution in [-0.2, 0) is 9.53 Å². The number of carbonyl (C=O) groups is 3. The predicted octanol–water partition coefficient (Wildman–Crippen LogP) is 3.37. The van der Waals surface area contributed by atoms with Gasteiger partial charge in [-0.3, -0.25) is 9.59 Å². The molecule has 3 amide bonds. The summed E-state index contributed by atoms with van der Waals surface area (Å²) in [6, 6.07) is 13.4. The highest BCUT2D eigenvalue weighted by Gasteiger charge is 2.16. The Morgan fingerprint density at radius 2 is 1.52 bits per heavy atom. The van der Waals surface area contributed by atoms with Crippen LogP contribution in [0.4, 0.5) is 21.9 Å². The number of carbonyl (C=O) groups excluding carboxylic acids is 3. The summed E-state index contributed by atoms with van der Waals surface area (Å²) in [5.74, 6) is -0.631. The van der Waals surface area contributed by atoms with Gasteiger partial charge in [0.2, 0.25) is 5.91 Å². The third-order valence-corrected chi connectivity index (χ3v) is 3.64. The second kappa shape index (κ2) is 9.59. The molecular weight excluding hydrogens is 372 g/mol. The molecule has 0 heterocycles. The molecule has 0 spiro atoms. The summed E-state index contributed by atoms with van der Waals surface area (Å²) in [6.07, 6.45) is -0.527. The highest BCUT2D eigenvalue weighted by molar-refractivity contribution is 6.07. The first-order valence-electron chi connectivity index (χ1n) is 9.17. The van der Waals surface area contributed by atoms with E-state index in [4.69, 9.17) is 10.5 Å². The van der Waals surface area contributed by atoms with Gasteiger partial charge >= 0.3 is 6.09 Å². The van der Waals surface area contributed by atoms with E-state index in [1.165, 1.54) is 0 Å². The zero-order valence-corrected chi connectivity index (χ0v) is 16.7. The van der Waals surface area contributed by atoms with Gasteiger partial charge in [0, 0.05) is 24.2 Å². The lowest BCUT2D eigenvalue weighted by Gasteiger charge is -2.19. The maximum atomic E-state index is 12.4. The largest absolute Gasteiger partial charge is 0.444 e. The fourth-order valence-corrected chi connectivity index (χ4v) is 2.34. The molecule has 0 unspecified atom stereocenters. The van der Waals surface area contributed by atoms with Gasteiger partial charge in [-0.1, -0.05) is 12.1 Å². The van der Waals surface area contributed by atoms with Gasteiger partial charge < -0.3 is 26.4 Å². The molecule has 0 saturated carbocycles. The Bertz CT molecular complexity index is 873. The molecule has 0 aromatic heterocycles. The molecule has 0 radical (unpaired) electrons. The SMILES string of the molecule is CC(C)(C)OC(=O)NCCC(=O)Nc1ccccc1NC(=O)c1ccc(N)cc1. The van der Waals surface area contributed by atoms with Crippen molar-refractivity contribution in [2.75, 3.05) is 22.9 Å². The molecule has 0 saturated heterocycles. The molecule has 154 valence electrons. The molecule has 0 aliphatic carbocycles. The normalized spacial score (nSPS) is 10.7. The second-order valence-electron chi connectivity index (χ2n) is 7.35. The molecule has 0 atom stereocenters. The van der Waals surface area contributed by atoms with E-state index in [0.29, 0.717) is 22.6 Å². The predicted molar refractivity (Wildman–Crippen MR) is 113 cm³/mol. The summed E-state index contributed by atoms with van der Waals surface area (Å²) in [4.78, 5) is 36.2. The number of anilines is 3. The Morgan fingerprint density at radius 3 is 2.10 bits per heavy atom. The van der Waals surface area contributed by atoms with Crippen LogP contribution in [0.25, 0.3) is 0 Å². The van der Waals surface area contributed by atoms with Gasteiger partial charge in [0.05, 0.1) is 11.4 Å². The minimum atomic E-state index is -0.603. The fourth-order valence-electron chi connectivity index (χ4n) is 2.34. The van der Waals surface area contributed by atoms with Gasteiger partial charge in [-0.05, 0) is 57.2 Å². The fraction of sp³-hybridized carbons (Fsp3) is 0.286. The average molecular weight is 398 g/mol. The molecule has 5 N–H and O–H groups in total. The number of hydrogen-bond acceptors (Lipinski definition) is 5. The van der Waals surface area contributed by atoms with Crippen LogP contribution < -0.4 is 21.7 Å². The lowest BCUT2D eigenvalue weighted by molar-refractivity contribution is -0.116. The lowest BCUT2D eigenvalue weighted by atomic mass is 10.2. The van der Waals surface area contributed by atoms with Crippen molar-refractivity contribution in [3.8, 4) is 0 Å². The maximum absolute atomic E-state index is 12.4. The van der Waals surface area contributed by atoms with Gasteiger partial charge in [0.25, 0.3) is 5.91 Å². The highest BCUT2D eigenvalue weighted by Crippen LogP contribution is 2.22. The van der Waals surface area contributed by atoms with Gasteiger partial charge in [-0.2, -0.15) is 0 Å². The number of nitrogens with one attached hydrogen (secondary N) is 3. The second-order valence-corrected chi connectivity index (χ2v) is 7.35. The third-order valence-electron chi connectivity index (χ3n) is 3.64. The summed E-state index contributed by atoms with van der Waals surface area (Å²) >= 11 is 0. The first-order chi connectivity index (χ1) is 13.6. The van der Waals surface area contributed by atoms with Crippen molar-refractivity contribution < 1.29 is 19.1 Å². The van der Waals surface area contributed by atoms with Crippen LogP contribution in [0, 0.1) is 0 Å². The molecule has 0 bridgehead atoms. The minimum absolute atomic E-state index is 0.0550. The number of alkyl carbamates (subject to hydrolysis) is 1. The van der Waals surface area contributed by atoms with E-state index in [1.807, 2.05) is 0 Å². The number of amides is 3. The Balaban J connectivity index is 1.91. The van der Waals surface area contributed by atoms with Crippen LogP contribution in [0.5, 0.6) is 0 Å². The van der Waals surface area contributed by atoms with E-state index < -0.39 is 11.7 Å². The number of nitrogen functional groups attached to an aromatic ring is 1. The monoisotopic (exact) mass is 398 g/mol. The molecule has 8 nitrogen and oxygen atoms in total. The van der Waals surface area contributed by atoms with Gasteiger partial charge in [-0.25, -0.2) is 4.79 Å². The lowest BCUT2D eigenvalue weighted by Crippen LogP contribution is -2.34. The van der Waals surface area contributed by atoms with Crippen LogP contribution in [0.3, 0.4) is 0 Å². The number of rotatable bonds is 6. The van der Waals surface area contributed by atoms with E-state index in [2.05, 4.69) is 16.0 Å². The first-order valence-corrected chi connectivity index (χ1v) is 9.17. The van der Waals surface area contributed by atoms with Crippen molar-refractivity contribution in [3.05, 3.63) is 54.1 Å². The number of ether oxygens (including phenoxy) is 1. The molecule has 0 aliphatic heterocycles. The number of nitrogens with two attached hydrogens (primary N) is 1. The third kappa shape index (κ3) is 7.53. The van der Waals surface area contributed by atoms with Gasteiger partial charge in [-0.15, -0.1) is 0 Å². The Hall–Kier alpha value is -3.55. The topological polar surface area (TPSA) is 123 Å². The molecule has 2 rings (SSSR count). The van der Waals surface area contributed by atoms with Crippen molar-refractivity contribution in [3.63, 3.8) is 0 Å². The molecule has 29 heavy (non-hydrogen) atoms.